The molecule has 1 aliphatic rings. The average Bonchev–Trinajstić information content (AvgIpc) is 2.29. The molecule has 0 aromatic heterocycles. The lowest BCUT2D eigenvalue weighted by molar-refractivity contribution is -0.142. The van der Waals surface area contributed by atoms with Crippen LogP contribution in [0.15, 0.2) is 0 Å². The summed E-state index contributed by atoms with van der Waals surface area (Å²) in [6.45, 7) is 8.11. The van der Waals surface area contributed by atoms with Gasteiger partial charge in [-0.1, -0.05) is 33.6 Å². The quantitative estimate of drug-likeness (QED) is 0.734. The second kappa shape index (κ2) is 7.78. The van der Waals surface area contributed by atoms with Crippen LogP contribution in [0.4, 0.5) is 0 Å². The lowest BCUT2D eigenvalue weighted by Gasteiger charge is -2.27. The van der Waals surface area contributed by atoms with Crippen molar-refractivity contribution in [3.8, 4) is 0 Å². The minimum atomic E-state index is -0.659. The number of rotatable bonds is 7. The maximum Gasteiger partial charge on any atom is 0.307 e. The molecule has 106 valence electrons. The van der Waals surface area contributed by atoms with E-state index in [4.69, 9.17) is 5.11 Å². The van der Waals surface area contributed by atoms with Crippen LogP contribution in [-0.4, -0.2) is 24.2 Å². The summed E-state index contributed by atoms with van der Waals surface area (Å²) < 4.78 is 0. The molecular weight excluding hydrogens is 226 g/mol. The molecule has 0 saturated heterocycles. The molecule has 1 rings (SSSR count). The van der Waals surface area contributed by atoms with E-state index in [0.717, 1.165) is 24.8 Å². The molecule has 3 heteroatoms. The number of carboxylic acid groups (broad SMARTS) is 1. The first-order valence-corrected chi connectivity index (χ1v) is 7.42. The van der Waals surface area contributed by atoms with E-state index in [9.17, 15) is 4.79 Å². The number of carbonyl (C=O) groups is 1. The third kappa shape index (κ3) is 5.85. The third-order valence-corrected chi connectivity index (χ3v) is 4.06. The van der Waals surface area contributed by atoms with Crippen LogP contribution in [0.1, 0.15) is 52.9 Å². The van der Waals surface area contributed by atoms with Gasteiger partial charge in [0.2, 0.25) is 0 Å². The van der Waals surface area contributed by atoms with Crippen LogP contribution < -0.4 is 5.32 Å². The van der Waals surface area contributed by atoms with Gasteiger partial charge < -0.3 is 10.4 Å². The Kier molecular flexibility index (Phi) is 6.69. The molecule has 0 radical (unpaired) electrons. The van der Waals surface area contributed by atoms with Crippen molar-refractivity contribution < 1.29 is 9.90 Å². The average molecular weight is 255 g/mol. The van der Waals surface area contributed by atoms with Gasteiger partial charge in [0, 0.05) is 6.54 Å². The van der Waals surface area contributed by atoms with Crippen LogP contribution in [0.5, 0.6) is 0 Å². The van der Waals surface area contributed by atoms with Gasteiger partial charge in [-0.3, -0.25) is 4.79 Å². The topological polar surface area (TPSA) is 49.3 Å². The standard InChI is InChI=1S/C15H29NO2/c1-11(2)8-14(15(17)18)10-16-9-13-6-4-12(3)5-7-13/h11-14,16H,4-10H2,1-3H3,(H,17,18). The number of hydrogen-bond donors (Lipinski definition) is 2. The van der Waals surface area contributed by atoms with Crippen molar-refractivity contribution >= 4 is 5.97 Å². The van der Waals surface area contributed by atoms with Gasteiger partial charge >= 0.3 is 5.97 Å². The molecule has 0 amide bonds. The summed E-state index contributed by atoms with van der Waals surface area (Å²) >= 11 is 0. The number of nitrogens with one attached hydrogen (secondary N) is 1. The van der Waals surface area contributed by atoms with E-state index >= 15 is 0 Å². The van der Waals surface area contributed by atoms with E-state index in [1.165, 1.54) is 25.7 Å². The van der Waals surface area contributed by atoms with Crippen molar-refractivity contribution in [3.05, 3.63) is 0 Å². The van der Waals surface area contributed by atoms with Crippen LogP contribution in [0.25, 0.3) is 0 Å². The molecule has 1 unspecified atom stereocenters. The molecule has 1 aliphatic carbocycles. The number of aliphatic carboxylic acids is 1. The highest BCUT2D eigenvalue weighted by Gasteiger charge is 2.21. The molecule has 3 nitrogen and oxygen atoms in total. The highest BCUT2D eigenvalue weighted by molar-refractivity contribution is 5.70. The predicted molar refractivity (Wildman–Crippen MR) is 74.6 cm³/mol. The smallest absolute Gasteiger partial charge is 0.307 e. The van der Waals surface area contributed by atoms with Crippen LogP contribution in [0.2, 0.25) is 0 Å². The normalized spacial score (nSPS) is 26.2. The Hall–Kier alpha value is -0.570. The lowest BCUT2D eigenvalue weighted by atomic mass is 9.83. The van der Waals surface area contributed by atoms with Crippen molar-refractivity contribution in [3.63, 3.8) is 0 Å². The molecule has 0 aromatic carbocycles. The zero-order valence-electron chi connectivity index (χ0n) is 12.1. The van der Waals surface area contributed by atoms with Crippen molar-refractivity contribution in [2.75, 3.05) is 13.1 Å². The third-order valence-electron chi connectivity index (χ3n) is 4.06. The first kappa shape index (κ1) is 15.5. The number of carboxylic acids is 1. The van der Waals surface area contributed by atoms with E-state index in [2.05, 4.69) is 26.1 Å². The van der Waals surface area contributed by atoms with E-state index < -0.39 is 5.97 Å². The summed E-state index contributed by atoms with van der Waals surface area (Å²) in [5.74, 6) is 1.20. The van der Waals surface area contributed by atoms with Gasteiger partial charge in [-0.15, -0.1) is 0 Å². The highest BCUT2D eigenvalue weighted by atomic mass is 16.4. The van der Waals surface area contributed by atoms with Gasteiger partial charge in [-0.2, -0.15) is 0 Å². The fraction of sp³-hybridized carbons (Fsp3) is 0.933. The molecule has 1 saturated carbocycles. The van der Waals surface area contributed by atoms with Gasteiger partial charge in [0.05, 0.1) is 5.92 Å². The maximum atomic E-state index is 11.1. The van der Waals surface area contributed by atoms with Crippen LogP contribution in [0.3, 0.4) is 0 Å². The molecule has 1 atom stereocenters. The monoisotopic (exact) mass is 255 g/mol. The molecular formula is C15H29NO2. The van der Waals surface area contributed by atoms with E-state index in [0.29, 0.717) is 12.5 Å². The van der Waals surface area contributed by atoms with Crippen molar-refractivity contribution in [2.45, 2.75) is 52.9 Å². The fourth-order valence-corrected chi connectivity index (χ4v) is 2.84. The second-order valence-corrected chi connectivity index (χ2v) is 6.45. The molecule has 0 aromatic rings. The fourth-order valence-electron chi connectivity index (χ4n) is 2.84. The highest BCUT2D eigenvalue weighted by Crippen LogP contribution is 2.27. The van der Waals surface area contributed by atoms with Gasteiger partial charge in [0.15, 0.2) is 0 Å². The summed E-state index contributed by atoms with van der Waals surface area (Å²) in [4.78, 5) is 11.1. The number of hydrogen-bond acceptors (Lipinski definition) is 2. The SMILES string of the molecule is CC(C)CC(CNCC1CCC(C)CC1)C(=O)O. The molecule has 0 heterocycles. The van der Waals surface area contributed by atoms with Crippen LogP contribution in [0, 0.1) is 23.7 Å². The Labute approximate surface area is 111 Å². The van der Waals surface area contributed by atoms with Crippen LogP contribution in [-0.2, 0) is 4.79 Å². The van der Waals surface area contributed by atoms with E-state index in [-0.39, 0.29) is 5.92 Å². The summed E-state index contributed by atoms with van der Waals surface area (Å²) in [5, 5.41) is 12.5. The minimum absolute atomic E-state index is 0.229. The second-order valence-electron chi connectivity index (χ2n) is 6.45. The Morgan fingerprint density at radius 1 is 1.28 bits per heavy atom. The van der Waals surface area contributed by atoms with Gasteiger partial charge in [0.1, 0.15) is 0 Å². The lowest BCUT2D eigenvalue weighted by Crippen LogP contribution is -2.33. The Morgan fingerprint density at radius 3 is 2.39 bits per heavy atom. The zero-order chi connectivity index (χ0) is 13.5. The molecule has 18 heavy (non-hydrogen) atoms. The van der Waals surface area contributed by atoms with Crippen molar-refractivity contribution in [1.29, 1.82) is 0 Å². The molecule has 2 N–H and O–H groups in total. The van der Waals surface area contributed by atoms with Crippen molar-refractivity contribution in [2.24, 2.45) is 23.7 Å². The Bertz CT molecular complexity index is 245. The first-order chi connectivity index (χ1) is 8.49. The summed E-state index contributed by atoms with van der Waals surface area (Å²) in [6.07, 6.45) is 6.04. The molecule has 0 bridgehead atoms. The molecule has 0 aliphatic heterocycles. The van der Waals surface area contributed by atoms with Gasteiger partial charge in [0.25, 0.3) is 0 Å². The van der Waals surface area contributed by atoms with E-state index in [1.807, 2.05) is 0 Å². The Morgan fingerprint density at radius 2 is 1.89 bits per heavy atom. The van der Waals surface area contributed by atoms with Crippen molar-refractivity contribution in [1.82, 2.24) is 5.32 Å². The molecule has 0 spiro atoms. The van der Waals surface area contributed by atoms with Gasteiger partial charge in [-0.25, -0.2) is 0 Å². The largest absolute Gasteiger partial charge is 0.481 e. The van der Waals surface area contributed by atoms with E-state index in [1.54, 1.807) is 0 Å². The first-order valence-electron chi connectivity index (χ1n) is 7.42. The molecule has 1 fully saturated rings. The van der Waals surface area contributed by atoms with Crippen LogP contribution >= 0.6 is 0 Å². The Balaban J connectivity index is 2.20. The summed E-state index contributed by atoms with van der Waals surface area (Å²) in [7, 11) is 0. The predicted octanol–water partition coefficient (Wildman–Crippen LogP) is 3.15. The zero-order valence-corrected chi connectivity index (χ0v) is 12.1. The maximum absolute atomic E-state index is 11.1. The van der Waals surface area contributed by atoms with Gasteiger partial charge in [-0.05, 0) is 43.6 Å². The summed E-state index contributed by atoms with van der Waals surface area (Å²) in [5.41, 5.74) is 0. The summed E-state index contributed by atoms with van der Waals surface area (Å²) in [6, 6.07) is 0. The minimum Gasteiger partial charge on any atom is -0.481 e.